The zero-order chi connectivity index (χ0) is 19.7. The van der Waals surface area contributed by atoms with Crippen molar-refractivity contribution < 1.29 is 19.1 Å². The first-order valence-corrected chi connectivity index (χ1v) is 9.63. The number of rotatable bonds is 8. The fourth-order valence-corrected chi connectivity index (χ4v) is 2.94. The number of amides is 2. The molecule has 0 unspecified atom stereocenters. The van der Waals surface area contributed by atoms with Gasteiger partial charge in [-0.15, -0.1) is 0 Å². The van der Waals surface area contributed by atoms with Crippen LogP contribution < -0.4 is 5.32 Å². The molecule has 0 spiro atoms. The fourth-order valence-electron chi connectivity index (χ4n) is 2.94. The molecule has 0 atom stereocenters. The Balaban J connectivity index is 1.52. The van der Waals surface area contributed by atoms with Crippen LogP contribution in [0.15, 0.2) is 18.5 Å². The molecule has 8 heteroatoms. The summed E-state index contributed by atoms with van der Waals surface area (Å²) in [7, 11) is 0. The SMILES string of the molecule is CC(C)(C)OC(=O)N1CCC(CC(=O)NCCOCCn2cccn2)CC1. The van der Waals surface area contributed by atoms with Crippen molar-refractivity contribution in [2.45, 2.75) is 52.2 Å². The third-order valence-electron chi connectivity index (χ3n) is 4.33. The molecule has 0 aromatic carbocycles. The van der Waals surface area contributed by atoms with Gasteiger partial charge < -0.3 is 19.7 Å². The Morgan fingerprint density at radius 2 is 1.96 bits per heavy atom. The summed E-state index contributed by atoms with van der Waals surface area (Å²) in [5.74, 6) is 0.353. The number of carbonyl (C=O) groups is 2. The lowest BCUT2D eigenvalue weighted by molar-refractivity contribution is -0.122. The molecule has 1 aromatic heterocycles. The van der Waals surface area contributed by atoms with Gasteiger partial charge >= 0.3 is 6.09 Å². The first kappa shape index (κ1) is 21.2. The number of carbonyl (C=O) groups excluding carboxylic acids is 2. The summed E-state index contributed by atoms with van der Waals surface area (Å²) < 4.78 is 12.7. The van der Waals surface area contributed by atoms with Crippen LogP contribution in [0, 0.1) is 5.92 Å². The molecule has 152 valence electrons. The standard InChI is InChI=1S/C19H32N4O4/c1-19(2,3)27-18(25)22-10-5-16(6-11-22)15-17(24)20-8-13-26-14-12-23-9-4-7-21-23/h4,7,9,16H,5-6,8,10-15H2,1-3H3,(H,20,24). The highest BCUT2D eigenvalue weighted by atomic mass is 16.6. The third-order valence-corrected chi connectivity index (χ3v) is 4.33. The van der Waals surface area contributed by atoms with Gasteiger partial charge in [0.25, 0.3) is 0 Å². The zero-order valence-corrected chi connectivity index (χ0v) is 16.6. The summed E-state index contributed by atoms with van der Waals surface area (Å²) in [4.78, 5) is 25.8. The second kappa shape index (κ2) is 10.3. The number of aromatic nitrogens is 2. The number of nitrogens with zero attached hydrogens (tertiary/aromatic N) is 3. The Morgan fingerprint density at radius 1 is 1.22 bits per heavy atom. The molecule has 2 heterocycles. The molecule has 1 aliphatic rings. The zero-order valence-electron chi connectivity index (χ0n) is 16.6. The van der Waals surface area contributed by atoms with Crippen molar-refractivity contribution in [1.82, 2.24) is 20.0 Å². The van der Waals surface area contributed by atoms with Crippen molar-refractivity contribution in [3.63, 3.8) is 0 Å². The molecule has 2 rings (SSSR count). The second-order valence-corrected chi connectivity index (χ2v) is 7.85. The molecule has 27 heavy (non-hydrogen) atoms. The number of ether oxygens (including phenoxy) is 2. The highest BCUT2D eigenvalue weighted by Gasteiger charge is 2.27. The van der Waals surface area contributed by atoms with E-state index in [1.807, 2.05) is 37.7 Å². The number of hydrogen-bond acceptors (Lipinski definition) is 5. The Labute approximate surface area is 161 Å². The van der Waals surface area contributed by atoms with Crippen LogP contribution in [0.4, 0.5) is 4.79 Å². The summed E-state index contributed by atoms with van der Waals surface area (Å²) in [6.45, 7) is 9.15. The van der Waals surface area contributed by atoms with Crippen molar-refractivity contribution in [1.29, 1.82) is 0 Å². The van der Waals surface area contributed by atoms with Crippen LogP contribution in [-0.4, -0.2) is 65.1 Å². The van der Waals surface area contributed by atoms with Crippen LogP contribution >= 0.6 is 0 Å². The number of nitrogens with one attached hydrogen (secondary N) is 1. The first-order chi connectivity index (χ1) is 12.8. The van der Waals surface area contributed by atoms with Crippen molar-refractivity contribution in [3.8, 4) is 0 Å². The van der Waals surface area contributed by atoms with E-state index in [1.165, 1.54) is 0 Å². The minimum absolute atomic E-state index is 0.0430. The molecular formula is C19H32N4O4. The average Bonchev–Trinajstić information content (AvgIpc) is 3.10. The lowest BCUT2D eigenvalue weighted by Gasteiger charge is -2.33. The lowest BCUT2D eigenvalue weighted by Crippen LogP contribution is -2.42. The monoisotopic (exact) mass is 380 g/mol. The van der Waals surface area contributed by atoms with Crippen LogP contribution in [0.2, 0.25) is 0 Å². The Hall–Kier alpha value is -2.09. The van der Waals surface area contributed by atoms with Gasteiger partial charge in [0.15, 0.2) is 0 Å². The molecule has 1 N–H and O–H groups in total. The van der Waals surface area contributed by atoms with Gasteiger partial charge in [-0.05, 0) is 45.6 Å². The van der Waals surface area contributed by atoms with Crippen LogP contribution in [0.3, 0.4) is 0 Å². The van der Waals surface area contributed by atoms with Crippen LogP contribution in [0.25, 0.3) is 0 Å². The fraction of sp³-hybridized carbons (Fsp3) is 0.737. The quantitative estimate of drug-likeness (QED) is 0.698. The van der Waals surface area contributed by atoms with E-state index in [1.54, 1.807) is 11.1 Å². The largest absolute Gasteiger partial charge is 0.444 e. The van der Waals surface area contributed by atoms with Gasteiger partial charge in [-0.2, -0.15) is 5.10 Å². The topological polar surface area (TPSA) is 85.7 Å². The summed E-state index contributed by atoms with van der Waals surface area (Å²) in [6, 6.07) is 1.87. The summed E-state index contributed by atoms with van der Waals surface area (Å²) in [6.07, 6.45) is 5.50. The van der Waals surface area contributed by atoms with Crippen molar-refractivity contribution in [2.24, 2.45) is 5.92 Å². The second-order valence-electron chi connectivity index (χ2n) is 7.85. The summed E-state index contributed by atoms with van der Waals surface area (Å²) in [5.41, 5.74) is -0.478. The molecule has 1 aromatic rings. The number of hydrogen-bond donors (Lipinski definition) is 1. The summed E-state index contributed by atoms with van der Waals surface area (Å²) >= 11 is 0. The van der Waals surface area contributed by atoms with E-state index in [9.17, 15) is 9.59 Å². The van der Waals surface area contributed by atoms with E-state index in [0.29, 0.717) is 51.7 Å². The van der Waals surface area contributed by atoms with Gasteiger partial charge in [0, 0.05) is 38.4 Å². The van der Waals surface area contributed by atoms with Gasteiger partial charge in [-0.25, -0.2) is 4.79 Å². The van der Waals surface area contributed by atoms with Gasteiger partial charge in [0.2, 0.25) is 5.91 Å². The van der Waals surface area contributed by atoms with Crippen LogP contribution in [0.1, 0.15) is 40.0 Å². The molecule has 0 aliphatic carbocycles. The van der Waals surface area contributed by atoms with E-state index in [0.717, 1.165) is 12.8 Å². The molecule has 0 bridgehead atoms. The van der Waals surface area contributed by atoms with E-state index in [4.69, 9.17) is 9.47 Å². The Kier molecular flexibility index (Phi) is 8.09. The smallest absolute Gasteiger partial charge is 0.410 e. The number of likely N-dealkylation sites (tertiary alicyclic amines) is 1. The van der Waals surface area contributed by atoms with Crippen LogP contribution in [0.5, 0.6) is 0 Å². The van der Waals surface area contributed by atoms with E-state index < -0.39 is 5.60 Å². The average molecular weight is 380 g/mol. The maximum absolute atomic E-state index is 12.1. The molecule has 1 aliphatic heterocycles. The molecular weight excluding hydrogens is 348 g/mol. The van der Waals surface area contributed by atoms with Crippen LogP contribution in [-0.2, 0) is 20.8 Å². The molecule has 8 nitrogen and oxygen atoms in total. The molecule has 1 saturated heterocycles. The van der Waals surface area contributed by atoms with E-state index in [-0.39, 0.29) is 12.0 Å². The Morgan fingerprint density at radius 3 is 2.59 bits per heavy atom. The van der Waals surface area contributed by atoms with E-state index in [2.05, 4.69) is 10.4 Å². The maximum Gasteiger partial charge on any atom is 0.410 e. The normalized spacial score (nSPS) is 15.6. The first-order valence-electron chi connectivity index (χ1n) is 9.63. The highest BCUT2D eigenvalue weighted by molar-refractivity contribution is 5.76. The number of piperidine rings is 1. The van der Waals surface area contributed by atoms with Gasteiger partial charge in [0.05, 0.1) is 19.8 Å². The minimum atomic E-state index is -0.478. The molecule has 2 amide bonds. The van der Waals surface area contributed by atoms with Gasteiger partial charge in [0.1, 0.15) is 5.60 Å². The molecule has 0 saturated carbocycles. The maximum atomic E-state index is 12.1. The molecule has 1 fully saturated rings. The van der Waals surface area contributed by atoms with Gasteiger partial charge in [-0.3, -0.25) is 9.48 Å². The predicted octanol–water partition coefficient (Wildman–Crippen LogP) is 2.05. The van der Waals surface area contributed by atoms with Crippen molar-refractivity contribution >= 4 is 12.0 Å². The third kappa shape index (κ3) is 8.43. The predicted molar refractivity (Wildman–Crippen MR) is 101 cm³/mol. The van der Waals surface area contributed by atoms with Crippen molar-refractivity contribution in [2.75, 3.05) is 32.8 Å². The van der Waals surface area contributed by atoms with E-state index >= 15 is 0 Å². The molecule has 0 radical (unpaired) electrons. The minimum Gasteiger partial charge on any atom is -0.444 e. The summed E-state index contributed by atoms with van der Waals surface area (Å²) in [5, 5.41) is 6.99. The lowest BCUT2D eigenvalue weighted by atomic mass is 9.93. The highest BCUT2D eigenvalue weighted by Crippen LogP contribution is 2.22. The van der Waals surface area contributed by atoms with Gasteiger partial charge in [-0.1, -0.05) is 0 Å². The Bertz CT molecular complexity index is 575. The van der Waals surface area contributed by atoms with Crippen molar-refractivity contribution in [3.05, 3.63) is 18.5 Å².